The lowest BCUT2D eigenvalue weighted by Crippen LogP contribution is -2.36. The standard InChI is InChI=1S/C26H29N3O4S/c1-26(2,3)19-12-10-17(11-13-19)21(15-23(30)31)28-25(33)27-20-8-6-14-29(24(20)32)16-18-7-4-5-9-22(18)34/h4-14,21,34H,15-16H2,1-3H3,(H,30,31)(H2,27,28,33)/t21-/m0/s1. The fraction of sp³-hybridized carbons (Fsp3) is 0.269. The lowest BCUT2D eigenvalue weighted by atomic mass is 9.86. The molecule has 0 saturated carbocycles. The summed E-state index contributed by atoms with van der Waals surface area (Å²) in [6.07, 6.45) is 1.34. The number of urea groups is 1. The topological polar surface area (TPSA) is 100 Å². The number of thiol groups is 1. The lowest BCUT2D eigenvalue weighted by molar-refractivity contribution is -0.137. The Morgan fingerprint density at radius 2 is 1.71 bits per heavy atom. The van der Waals surface area contributed by atoms with Gasteiger partial charge in [0.1, 0.15) is 5.69 Å². The van der Waals surface area contributed by atoms with Crippen molar-refractivity contribution < 1.29 is 14.7 Å². The number of benzene rings is 2. The second-order valence-electron chi connectivity index (χ2n) is 9.10. The van der Waals surface area contributed by atoms with Gasteiger partial charge in [-0.05, 0) is 40.3 Å². The zero-order valence-corrected chi connectivity index (χ0v) is 20.3. The van der Waals surface area contributed by atoms with Crippen molar-refractivity contribution in [3.05, 3.63) is 93.9 Å². The maximum atomic E-state index is 12.9. The van der Waals surface area contributed by atoms with E-state index in [1.165, 1.54) is 10.6 Å². The molecule has 0 aliphatic carbocycles. The van der Waals surface area contributed by atoms with Gasteiger partial charge in [0, 0.05) is 11.1 Å². The van der Waals surface area contributed by atoms with Crippen LogP contribution in [0.2, 0.25) is 0 Å². The smallest absolute Gasteiger partial charge is 0.319 e. The molecule has 0 saturated heterocycles. The van der Waals surface area contributed by atoms with E-state index in [4.69, 9.17) is 0 Å². The van der Waals surface area contributed by atoms with Gasteiger partial charge in [-0.3, -0.25) is 9.59 Å². The van der Waals surface area contributed by atoms with Gasteiger partial charge in [0.2, 0.25) is 0 Å². The number of carboxylic acids is 1. The predicted octanol–water partition coefficient (Wildman–Crippen LogP) is 4.82. The quantitative estimate of drug-likeness (QED) is 0.365. The molecule has 0 unspecified atom stereocenters. The van der Waals surface area contributed by atoms with E-state index < -0.39 is 18.0 Å². The Kier molecular flexibility index (Phi) is 7.83. The van der Waals surface area contributed by atoms with Gasteiger partial charge in [-0.2, -0.15) is 0 Å². The van der Waals surface area contributed by atoms with Crippen molar-refractivity contribution in [1.29, 1.82) is 0 Å². The molecule has 0 radical (unpaired) electrons. The van der Waals surface area contributed by atoms with E-state index in [0.717, 1.165) is 16.0 Å². The molecule has 0 fully saturated rings. The monoisotopic (exact) mass is 479 g/mol. The highest BCUT2D eigenvalue weighted by Crippen LogP contribution is 2.25. The molecule has 8 heteroatoms. The molecule has 0 spiro atoms. The average molecular weight is 480 g/mol. The Morgan fingerprint density at radius 3 is 2.32 bits per heavy atom. The van der Waals surface area contributed by atoms with Crippen molar-refractivity contribution in [3.8, 4) is 0 Å². The second kappa shape index (κ2) is 10.6. The maximum absolute atomic E-state index is 12.9. The van der Waals surface area contributed by atoms with Crippen LogP contribution in [0.3, 0.4) is 0 Å². The third kappa shape index (κ3) is 6.51. The van der Waals surface area contributed by atoms with Gasteiger partial charge < -0.3 is 20.3 Å². The van der Waals surface area contributed by atoms with Crippen LogP contribution < -0.4 is 16.2 Å². The molecule has 2 amide bonds. The van der Waals surface area contributed by atoms with E-state index in [9.17, 15) is 19.5 Å². The molecule has 0 aliphatic rings. The number of anilines is 1. The Morgan fingerprint density at radius 1 is 1.03 bits per heavy atom. The van der Waals surface area contributed by atoms with E-state index >= 15 is 0 Å². The molecule has 0 bridgehead atoms. The van der Waals surface area contributed by atoms with Gasteiger partial charge >= 0.3 is 12.0 Å². The number of carboxylic acid groups (broad SMARTS) is 1. The average Bonchev–Trinajstić information content (AvgIpc) is 2.77. The molecule has 0 aliphatic heterocycles. The first-order chi connectivity index (χ1) is 16.0. The molecule has 178 valence electrons. The summed E-state index contributed by atoms with van der Waals surface area (Å²) in [5, 5.41) is 14.6. The first kappa shape index (κ1) is 25.1. The number of pyridine rings is 1. The third-order valence-electron chi connectivity index (χ3n) is 5.46. The van der Waals surface area contributed by atoms with Crippen molar-refractivity contribution in [3.63, 3.8) is 0 Å². The summed E-state index contributed by atoms with van der Waals surface area (Å²) in [6.45, 7) is 6.56. The third-order valence-corrected chi connectivity index (χ3v) is 5.90. The number of carbonyl (C=O) groups is 2. The van der Waals surface area contributed by atoms with Crippen molar-refractivity contribution in [2.45, 2.75) is 50.1 Å². The Labute approximate surface area is 204 Å². The van der Waals surface area contributed by atoms with Crippen LogP contribution in [0.25, 0.3) is 0 Å². The highest BCUT2D eigenvalue weighted by atomic mass is 32.1. The number of carbonyl (C=O) groups excluding carboxylic acids is 1. The highest BCUT2D eigenvalue weighted by Gasteiger charge is 2.20. The van der Waals surface area contributed by atoms with E-state index in [2.05, 4.69) is 44.0 Å². The van der Waals surface area contributed by atoms with Gasteiger partial charge in [-0.15, -0.1) is 12.6 Å². The van der Waals surface area contributed by atoms with Crippen LogP contribution in [0.5, 0.6) is 0 Å². The summed E-state index contributed by atoms with van der Waals surface area (Å²) in [5.41, 5.74) is 2.30. The van der Waals surface area contributed by atoms with Crippen LogP contribution in [0.15, 0.2) is 76.6 Å². The number of nitrogens with one attached hydrogen (secondary N) is 2. The van der Waals surface area contributed by atoms with Gasteiger partial charge in [-0.25, -0.2) is 4.79 Å². The zero-order chi connectivity index (χ0) is 24.9. The second-order valence-corrected chi connectivity index (χ2v) is 9.59. The van der Waals surface area contributed by atoms with Crippen LogP contribution in [0.1, 0.15) is 49.9 Å². The van der Waals surface area contributed by atoms with Crippen LogP contribution in [-0.2, 0) is 16.8 Å². The van der Waals surface area contributed by atoms with Crippen LogP contribution in [0, 0.1) is 0 Å². The van der Waals surface area contributed by atoms with Crippen LogP contribution >= 0.6 is 12.6 Å². The largest absolute Gasteiger partial charge is 0.481 e. The number of rotatable bonds is 7. The summed E-state index contributed by atoms with van der Waals surface area (Å²) in [5.74, 6) is -1.04. The molecule has 7 nitrogen and oxygen atoms in total. The van der Waals surface area contributed by atoms with Crippen LogP contribution in [-0.4, -0.2) is 21.7 Å². The van der Waals surface area contributed by atoms with Crippen molar-refractivity contribution >= 4 is 30.3 Å². The SMILES string of the molecule is CC(C)(C)c1ccc([C@H](CC(=O)O)NC(=O)Nc2cccn(Cc3ccccc3S)c2=O)cc1. The van der Waals surface area contributed by atoms with E-state index in [0.29, 0.717) is 12.1 Å². The minimum absolute atomic E-state index is 0.0493. The molecule has 1 aromatic heterocycles. The molecule has 3 aromatic rings. The number of hydrogen-bond donors (Lipinski definition) is 4. The van der Waals surface area contributed by atoms with Gasteiger partial charge in [0.25, 0.3) is 5.56 Å². The molecule has 2 aromatic carbocycles. The van der Waals surface area contributed by atoms with Gasteiger partial charge in [0.15, 0.2) is 0 Å². The molecule has 3 rings (SSSR count). The molecule has 1 heterocycles. The number of amides is 2. The fourth-order valence-corrected chi connectivity index (χ4v) is 3.77. The number of aliphatic carboxylic acids is 1. The Balaban J connectivity index is 1.76. The summed E-state index contributed by atoms with van der Waals surface area (Å²) < 4.78 is 1.48. The van der Waals surface area contributed by atoms with Gasteiger partial charge in [0.05, 0.1) is 19.0 Å². The molecule has 34 heavy (non-hydrogen) atoms. The first-order valence-electron chi connectivity index (χ1n) is 10.9. The van der Waals surface area contributed by atoms with E-state index in [1.54, 1.807) is 12.3 Å². The minimum atomic E-state index is -1.04. The zero-order valence-electron chi connectivity index (χ0n) is 19.4. The predicted molar refractivity (Wildman–Crippen MR) is 136 cm³/mol. The van der Waals surface area contributed by atoms with Crippen molar-refractivity contribution in [2.24, 2.45) is 0 Å². The molecule has 3 N–H and O–H groups in total. The van der Waals surface area contributed by atoms with Crippen molar-refractivity contribution in [2.75, 3.05) is 5.32 Å². The molecular weight excluding hydrogens is 450 g/mol. The number of aromatic nitrogens is 1. The summed E-state index contributed by atoms with van der Waals surface area (Å²) in [7, 11) is 0. The normalized spacial score (nSPS) is 12.1. The summed E-state index contributed by atoms with van der Waals surface area (Å²) in [4.78, 5) is 37.8. The highest BCUT2D eigenvalue weighted by molar-refractivity contribution is 7.80. The molecule has 1 atom stereocenters. The maximum Gasteiger partial charge on any atom is 0.319 e. The number of nitrogens with zero attached hydrogens (tertiary/aromatic N) is 1. The number of hydrogen-bond acceptors (Lipinski definition) is 4. The van der Waals surface area contributed by atoms with E-state index in [1.807, 2.05) is 48.5 Å². The fourth-order valence-electron chi connectivity index (χ4n) is 3.54. The van der Waals surface area contributed by atoms with Crippen LogP contribution in [0.4, 0.5) is 10.5 Å². The lowest BCUT2D eigenvalue weighted by Gasteiger charge is -2.22. The van der Waals surface area contributed by atoms with Crippen molar-refractivity contribution in [1.82, 2.24) is 9.88 Å². The Hall–Kier alpha value is -3.52. The first-order valence-corrected chi connectivity index (χ1v) is 11.4. The Bertz CT molecular complexity index is 1230. The summed E-state index contributed by atoms with van der Waals surface area (Å²) >= 11 is 4.42. The van der Waals surface area contributed by atoms with Gasteiger partial charge in [-0.1, -0.05) is 63.2 Å². The van der Waals surface area contributed by atoms with E-state index in [-0.39, 0.29) is 23.1 Å². The summed E-state index contributed by atoms with van der Waals surface area (Å²) in [6, 6.07) is 16.7. The molecular formula is C26H29N3O4S. The minimum Gasteiger partial charge on any atom is -0.481 e.